The van der Waals surface area contributed by atoms with Crippen molar-refractivity contribution in [3.05, 3.63) is 45.0 Å². The molecule has 1 heterocycles. The van der Waals surface area contributed by atoms with Crippen molar-refractivity contribution in [2.45, 2.75) is 25.2 Å². The van der Waals surface area contributed by atoms with Crippen LogP contribution in [0.3, 0.4) is 0 Å². The Balaban J connectivity index is 2.23. The van der Waals surface area contributed by atoms with E-state index in [-0.39, 0.29) is 17.2 Å². The maximum atomic E-state index is 12.6. The second-order valence-corrected chi connectivity index (χ2v) is 6.63. The third kappa shape index (κ3) is 2.87. The number of carbonyl (C=O) groups is 1. The van der Waals surface area contributed by atoms with E-state index in [9.17, 15) is 10.1 Å². The molecule has 0 unspecified atom stereocenters. The number of halogens is 1. The van der Waals surface area contributed by atoms with Crippen molar-refractivity contribution in [1.82, 2.24) is 0 Å². The first-order valence-electron chi connectivity index (χ1n) is 7.77. The molecule has 6 nitrogen and oxygen atoms in total. The molecule has 1 aliphatic carbocycles. The van der Waals surface area contributed by atoms with Crippen LogP contribution < -0.4 is 15.2 Å². The SMILES string of the molecule is COc1cc([C@@H]2C(C#N)=C(N)OC3=C2C(=O)CCC3)cc(Br)c1OC. The molecule has 2 aliphatic rings. The molecule has 130 valence electrons. The molecule has 1 atom stereocenters. The minimum Gasteiger partial charge on any atom is -0.493 e. The van der Waals surface area contributed by atoms with Crippen molar-refractivity contribution in [2.75, 3.05) is 14.2 Å². The van der Waals surface area contributed by atoms with Crippen LogP contribution in [0, 0.1) is 11.3 Å². The van der Waals surface area contributed by atoms with Crippen molar-refractivity contribution in [3.8, 4) is 17.6 Å². The summed E-state index contributed by atoms with van der Waals surface area (Å²) in [4.78, 5) is 12.6. The molecule has 25 heavy (non-hydrogen) atoms. The Morgan fingerprint density at radius 1 is 1.32 bits per heavy atom. The first-order chi connectivity index (χ1) is 12.0. The molecule has 0 fully saturated rings. The Kier molecular flexibility index (Phi) is 4.73. The van der Waals surface area contributed by atoms with Crippen LogP contribution >= 0.6 is 15.9 Å². The molecule has 1 aromatic rings. The van der Waals surface area contributed by atoms with E-state index in [4.69, 9.17) is 19.9 Å². The highest BCUT2D eigenvalue weighted by Crippen LogP contribution is 2.46. The highest BCUT2D eigenvalue weighted by molar-refractivity contribution is 9.10. The second kappa shape index (κ2) is 6.81. The van der Waals surface area contributed by atoms with E-state index < -0.39 is 5.92 Å². The standard InChI is InChI=1S/C18H17BrN2O4/c1-23-14-7-9(6-11(19)17(14)24-2)15-10(8-20)18(21)25-13-5-3-4-12(22)16(13)15/h6-7,15H,3-5,21H2,1-2H3/t15-/m1/s1. The molecule has 1 aliphatic heterocycles. The molecular formula is C18H17BrN2O4. The fourth-order valence-corrected chi connectivity index (χ4v) is 3.92. The van der Waals surface area contributed by atoms with E-state index in [2.05, 4.69) is 22.0 Å². The van der Waals surface area contributed by atoms with Crippen LogP contribution in [-0.2, 0) is 9.53 Å². The number of allylic oxidation sites excluding steroid dienone is 3. The minimum absolute atomic E-state index is 0.0163. The fourth-order valence-electron chi connectivity index (χ4n) is 3.29. The predicted molar refractivity (Wildman–Crippen MR) is 93.8 cm³/mol. The smallest absolute Gasteiger partial charge is 0.205 e. The van der Waals surface area contributed by atoms with E-state index >= 15 is 0 Å². The molecule has 1 aromatic carbocycles. The lowest BCUT2D eigenvalue weighted by atomic mass is 9.77. The number of nitrogens with two attached hydrogens (primary N) is 1. The molecule has 7 heteroatoms. The summed E-state index contributed by atoms with van der Waals surface area (Å²) in [5.74, 6) is 1.06. The van der Waals surface area contributed by atoms with Gasteiger partial charge in [0.1, 0.15) is 17.4 Å². The van der Waals surface area contributed by atoms with E-state index in [1.54, 1.807) is 13.2 Å². The van der Waals surface area contributed by atoms with Crippen LogP contribution in [0.15, 0.2) is 39.4 Å². The summed E-state index contributed by atoms with van der Waals surface area (Å²) >= 11 is 3.46. The van der Waals surface area contributed by atoms with Gasteiger partial charge >= 0.3 is 0 Å². The van der Waals surface area contributed by atoms with Crippen LogP contribution in [0.2, 0.25) is 0 Å². The summed E-state index contributed by atoms with van der Waals surface area (Å²) in [6, 6.07) is 5.67. The average Bonchev–Trinajstić information content (AvgIpc) is 2.60. The lowest BCUT2D eigenvalue weighted by Crippen LogP contribution is -2.27. The summed E-state index contributed by atoms with van der Waals surface area (Å²) in [5.41, 5.74) is 7.41. The quantitative estimate of drug-likeness (QED) is 0.830. The number of carbonyl (C=O) groups excluding carboxylic acids is 1. The Hall–Kier alpha value is -2.46. The van der Waals surface area contributed by atoms with Crippen LogP contribution in [0.1, 0.15) is 30.7 Å². The summed E-state index contributed by atoms with van der Waals surface area (Å²) in [6.07, 6.45) is 1.78. The van der Waals surface area contributed by atoms with Gasteiger partial charge in [-0.3, -0.25) is 4.79 Å². The number of methoxy groups -OCH3 is 2. The second-order valence-electron chi connectivity index (χ2n) is 5.78. The normalized spacial score (nSPS) is 19.9. The Bertz CT molecular complexity index is 851. The van der Waals surface area contributed by atoms with Crippen LogP contribution in [0.4, 0.5) is 0 Å². The fraction of sp³-hybridized carbons (Fsp3) is 0.333. The van der Waals surface area contributed by atoms with Crippen molar-refractivity contribution in [3.63, 3.8) is 0 Å². The van der Waals surface area contributed by atoms with Crippen molar-refractivity contribution >= 4 is 21.7 Å². The zero-order chi connectivity index (χ0) is 18.1. The lowest BCUT2D eigenvalue weighted by molar-refractivity contribution is -0.116. The number of Topliss-reactive ketones (excluding diaryl/α,β-unsaturated/α-hetero) is 1. The number of nitriles is 1. The van der Waals surface area contributed by atoms with Gasteiger partial charge in [0.05, 0.1) is 24.6 Å². The number of hydrogen-bond donors (Lipinski definition) is 1. The third-order valence-electron chi connectivity index (χ3n) is 4.39. The average molecular weight is 405 g/mol. The highest BCUT2D eigenvalue weighted by atomic mass is 79.9. The van der Waals surface area contributed by atoms with Gasteiger partial charge in [-0.1, -0.05) is 0 Å². The summed E-state index contributed by atoms with van der Waals surface area (Å²) < 4.78 is 17.0. The molecule has 0 bridgehead atoms. The van der Waals surface area contributed by atoms with Gasteiger partial charge in [-0.15, -0.1) is 0 Å². The van der Waals surface area contributed by atoms with Gasteiger partial charge in [-0.05, 0) is 40.0 Å². The Morgan fingerprint density at radius 3 is 2.72 bits per heavy atom. The van der Waals surface area contributed by atoms with Gasteiger partial charge < -0.3 is 19.9 Å². The van der Waals surface area contributed by atoms with Crippen molar-refractivity contribution in [1.29, 1.82) is 5.26 Å². The monoisotopic (exact) mass is 404 g/mol. The molecule has 0 radical (unpaired) electrons. The third-order valence-corrected chi connectivity index (χ3v) is 4.98. The zero-order valence-corrected chi connectivity index (χ0v) is 15.5. The van der Waals surface area contributed by atoms with Crippen molar-refractivity contribution in [2.24, 2.45) is 5.73 Å². The minimum atomic E-state index is -0.572. The largest absolute Gasteiger partial charge is 0.493 e. The molecular weight excluding hydrogens is 388 g/mol. The van der Waals surface area contributed by atoms with E-state index in [1.807, 2.05) is 6.07 Å². The number of hydrogen-bond acceptors (Lipinski definition) is 6. The number of ether oxygens (including phenoxy) is 3. The van der Waals surface area contributed by atoms with Gasteiger partial charge in [0.2, 0.25) is 5.88 Å². The molecule has 0 saturated carbocycles. The van der Waals surface area contributed by atoms with Gasteiger partial charge in [0.15, 0.2) is 17.3 Å². The topological polar surface area (TPSA) is 94.6 Å². The van der Waals surface area contributed by atoms with Crippen molar-refractivity contribution < 1.29 is 19.0 Å². The van der Waals surface area contributed by atoms with E-state index in [0.29, 0.717) is 40.1 Å². The van der Waals surface area contributed by atoms with E-state index in [0.717, 1.165) is 12.0 Å². The predicted octanol–water partition coefficient (Wildman–Crippen LogP) is 3.28. The molecule has 0 aromatic heterocycles. The maximum Gasteiger partial charge on any atom is 0.205 e. The van der Waals surface area contributed by atoms with E-state index in [1.165, 1.54) is 7.11 Å². The number of nitrogens with zero attached hydrogens (tertiary/aromatic N) is 1. The van der Waals surface area contributed by atoms with Crippen LogP contribution in [-0.4, -0.2) is 20.0 Å². The highest BCUT2D eigenvalue weighted by Gasteiger charge is 2.38. The summed E-state index contributed by atoms with van der Waals surface area (Å²) in [6.45, 7) is 0. The van der Waals surface area contributed by atoms with Gasteiger partial charge in [-0.25, -0.2) is 0 Å². The van der Waals surface area contributed by atoms with Gasteiger partial charge in [0.25, 0.3) is 0 Å². The number of rotatable bonds is 3. The summed E-state index contributed by atoms with van der Waals surface area (Å²) in [7, 11) is 3.07. The maximum absolute atomic E-state index is 12.6. The lowest BCUT2D eigenvalue weighted by Gasteiger charge is -2.31. The molecule has 0 amide bonds. The molecule has 0 saturated heterocycles. The first-order valence-corrected chi connectivity index (χ1v) is 8.56. The first kappa shape index (κ1) is 17.4. The zero-order valence-electron chi connectivity index (χ0n) is 13.9. The van der Waals surface area contributed by atoms with Crippen LogP contribution in [0.25, 0.3) is 0 Å². The molecule has 0 spiro atoms. The molecule has 2 N–H and O–H groups in total. The number of ketones is 1. The molecule has 3 rings (SSSR count). The van der Waals surface area contributed by atoms with Crippen LogP contribution in [0.5, 0.6) is 11.5 Å². The number of benzene rings is 1. The Morgan fingerprint density at radius 2 is 2.08 bits per heavy atom. The van der Waals surface area contributed by atoms with Gasteiger partial charge in [0, 0.05) is 18.4 Å². The van der Waals surface area contributed by atoms with Gasteiger partial charge in [-0.2, -0.15) is 5.26 Å². The Labute approximate surface area is 154 Å². The summed E-state index contributed by atoms with van der Waals surface area (Å²) in [5, 5.41) is 9.60.